The summed E-state index contributed by atoms with van der Waals surface area (Å²) in [6.45, 7) is 3.33. The Morgan fingerprint density at radius 2 is 1.84 bits per heavy atom. The summed E-state index contributed by atoms with van der Waals surface area (Å²) in [4.78, 5) is 38.8. The summed E-state index contributed by atoms with van der Waals surface area (Å²) in [5.41, 5.74) is 2.03. The van der Waals surface area contributed by atoms with Gasteiger partial charge in [-0.05, 0) is 48.6 Å². The summed E-state index contributed by atoms with van der Waals surface area (Å²) >= 11 is 1.18. The van der Waals surface area contributed by atoms with Gasteiger partial charge < -0.3 is 5.32 Å². The molecule has 0 aliphatic heterocycles. The number of anilines is 1. The van der Waals surface area contributed by atoms with Crippen LogP contribution in [0.5, 0.6) is 0 Å². The first kappa shape index (κ1) is 20.7. The second-order valence-corrected chi connectivity index (χ2v) is 8.27. The van der Waals surface area contributed by atoms with Crippen LogP contribution in [0.3, 0.4) is 0 Å². The number of nitrogens with zero attached hydrogens (tertiary/aromatic N) is 2. The van der Waals surface area contributed by atoms with Crippen molar-refractivity contribution in [2.45, 2.75) is 26.9 Å². The lowest BCUT2D eigenvalue weighted by molar-refractivity contribution is -0.116. The van der Waals surface area contributed by atoms with Crippen LogP contribution in [0.2, 0.25) is 0 Å². The van der Waals surface area contributed by atoms with E-state index in [2.05, 4.69) is 5.32 Å². The molecule has 0 fully saturated rings. The van der Waals surface area contributed by atoms with E-state index in [1.807, 2.05) is 32.0 Å². The van der Waals surface area contributed by atoms with Crippen molar-refractivity contribution in [2.75, 3.05) is 5.32 Å². The van der Waals surface area contributed by atoms with E-state index in [1.54, 1.807) is 23.6 Å². The molecule has 2 aromatic heterocycles. The zero-order valence-electron chi connectivity index (χ0n) is 17.0. The van der Waals surface area contributed by atoms with Crippen LogP contribution in [0.1, 0.15) is 16.7 Å². The molecule has 1 N–H and O–H groups in total. The molecule has 0 aliphatic carbocycles. The molecule has 0 radical (unpaired) electrons. The molecule has 6 nitrogen and oxygen atoms in total. The highest BCUT2D eigenvalue weighted by Crippen LogP contribution is 2.18. The Labute approximate surface area is 181 Å². The first-order valence-electron chi connectivity index (χ1n) is 9.66. The topological polar surface area (TPSA) is 73.1 Å². The largest absolute Gasteiger partial charge is 0.332 e. The molecule has 4 rings (SSSR count). The highest BCUT2D eigenvalue weighted by atomic mass is 32.1. The maximum absolute atomic E-state index is 14.1. The van der Waals surface area contributed by atoms with E-state index in [1.165, 1.54) is 28.0 Å². The maximum atomic E-state index is 14.1. The van der Waals surface area contributed by atoms with Gasteiger partial charge in [-0.1, -0.05) is 30.3 Å². The van der Waals surface area contributed by atoms with Gasteiger partial charge in [-0.3, -0.25) is 18.7 Å². The lowest BCUT2D eigenvalue weighted by Gasteiger charge is -2.14. The van der Waals surface area contributed by atoms with Crippen molar-refractivity contribution in [3.63, 3.8) is 0 Å². The normalized spacial score (nSPS) is 11.1. The summed E-state index contributed by atoms with van der Waals surface area (Å²) in [7, 11) is 0. The molecule has 31 heavy (non-hydrogen) atoms. The minimum Gasteiger partial charge on any atom is -0.324 e. The Balaban J connectivity index is 1.74. The fourth-order valence-electron chi connectivity index (χ4n) is 3.43. The number of rotatable bonds is 5. The standard InChI is InChI=1S/C23H20FN3O3S/c1-14-7-8-15(2)18(11-14)25-20(28)13-26-19-9-10-31-21(19)22(29)27(23(26)30)12-16-5-3-4-6-17(16)24/h3-11H,12-13H2,1-2H3,(H,25,28). The molecular weight excluding hydrogens is 417 g/mol. The summed E-state index contributed by atoms with van der Waals surface area (Å²) < 4.78 is 16.7. The number of fused-ring (bicyclic) bond motifs is 1. The molecule has 8 heteroatoms. The van der Waals surface area contributed by atoms with Gasteiger partial charge in [-0.15, -0.1) is 11.3 Å². The van der Waals surface area contributed by atoms with Gasteiger partial charge in [-0.25, -0.2) is 9.18 Å². The van der Waals surface area contributed by atoms with E-state index < -0.39 is 17.1 Å². The molecule has 0 spiro atoms. The third-order valence-corrected chi connectivity index (χ3v) is 5.98. The lowest BCUT2D eigenvalue weighted by atomic mass is 10.1. The molecular formula is C23H20FN3O3S. The zero-order valence-corrected chi connectivity index (χ0v) is 17.8. The van der Waals surface area contributed by atoms with Gasteiger partial charge in [0.1, 0.15) is 17.1 Å². The van der Waals surface area contributed by atoms with Crippen LogP contribution < -0.4 is 16.6 Å². The zero-order chi connectivity index (χ0) is 22.1. The molecule has 4 aromatic rings. The average Bonchev–Trinajstić information content (AvgIpc) is 3.22. The third kappa shape index (κ3) is 4.06. The summed E-state index contributed by atoms with van der Waals surface area (Å²) in [5, 5.41) is 4.53. The molecule has 0 unspecified atom stereocenters. The molecule has 0 atom stereocenters. The second kappa shape index (κ2) is 8.31. The third-order valence-electron chi connectivity index (χ3n) is 5.09. The highest BCUT2D eigenvalue weighted by Gasteiger charge is 2.18. The Morgan fingerprint density at radius 3 is 2.61 bits per heavy atom. The summed E-state index contributed by atoms with van der Waals surface area (Å²) in [5.74, 6) is -0.890. The van der Waals surface area contributed by atoms with Gasteiger partial charge in [0.25, 0.3) is 5.56 Å². The number of hydrogen-bond donors (Lipinski definition) is 1. The predicted molar refractivity (Wildman–Crippen MR) is 120 cm³/mol. The summed E-state index contributed by atoms with van der Waals surface area (Å²) in [6.07, 6.45) is 0. The van der Waals surface area contributed by atoms with Gasteiger partial charge in [0.05, 0.1) is 12.1 Å². The Kier molecular flexibility index (Phi) is 5.56. The number of carbonyl (C=O) groups is 1. The molecule has 0 aliphatic rings. The molecule has 2 heterocycles. The van der Waals surface area contributed by atoms with Crippen molar-refractivity contribution in [2.24, 2.45) is 0 Å². The van der Waals surface area contributed by atoms with Crippen molar-refractivity contribution < 1.29 is 9.18 Å². The van der Waals surface area contributed by atoms with E-state index in [4.69, 9.17) is 0 Å². The number of carbonyl (C=O) groups excluding carboxylic acids is 1. The molecule has 2 aromatic carbocycles. The van der Waals surface area contributed by atoms with E-state index in [-0.39, 0.29) is 24.6 Å². The second-order valence-electron chi connectivity index (χ2n) is 7.35. The van der Waals surface area contributed by atoms with Gasteiger partial charge in [0.2, 0.25) is 5.91 Å². The first-order valence-corrected chi connectivity index (χ1v) is 10.5. The number of amides is 1. The van der Waals surface area contributed by atoms with Gasteiger partial charge >= 0.3 is 5.69 Å². The van der Waals surface area contributed by atoms with Crippen molar-refractivity contribution in [1.29, 1.82) is 0 Å². The minimum absolute atomic E-state index is 0.212. The minimum atomic E-state index is -0.657. The van der Waals surface area contributed by atoms with Gasteiger partial charge in [0.15, 0.2) is 0 Å². The Bertz CT molecular complexity index is 1420. The maximum Gasteiger partial charge on any atom is 0.332 e. The van der Waals surface area contributed by atoms with E-state index in [0.29, 0.717) is 15.9 Å². The highest BCUT2D eigenvalue weighted by molar-refractivity contribution is 7.17. The number of aryl methyl sites for hydroxylation is 2. The summed E-state index contributed by atoms with van der Waals surface area (Å²) in [6, 6.07) is 13.3. The molecule has 0 saturated carbocycles. The number of aromatic nitrogens is 2. The quantitative estimate of drug-likeness (QED) is 0.518. The van der Waals surface area contributed by atoms with Crippen LogP contribution in [0, 0.1) is 19.7 Å². The van der Waals surface area contributed by atoms with Gasteiger partial charge in [0, 0.05) is 11.3 Å². The fourth-order valence-corrected chi connectivity index (χ4v) is 4.27. The lowest BCUT2D eigenvalue weighted by Crippen LogP contribution is -2.41. The van der Waals surface area contributed by atoms with E-state index >= 15 is 0 Å². The van der Waals surface area contributed by atoms with E-state index in [0.717, 1.165) is 15.7 Å². The Morgan fingerprint density at radius 1 is 1.06 bits per heavy atom. The monoisotopic (exact) mass is 437 g/mol. The van der Waals surface area contributed by atoms with Crippen LogP contribution in [0.25, 0.3) is 10.2 Å². The number of nitrogens with one attached hydrogen (secondary N) is 1. The van der Waals surface area contributed by atoms with Crippen molar-refractivity contribution in [3.8, 4) is 0 Å². The number of halogens is 1. The first-order chi connectivity index (χ1) is 14.8. The van der Waals surface area contributed by atoms with E-state index in [9.17, 15) is 18.8 Å². The molecule has 158 valence electrons. The Hall–Kier alpha value is -3.52. The SMILES string of the molecule is Cc1ccc(C)c(NC(=O)Cn2c(=O)n(Cc3ccccc3F)c(=O)c3sccc32)c1. The van der Waals surface area contributed by atoms with Crippen LogP contribution in [-0.2, 0) is 17.9 Å². The number of benzene rings is 2. The molecule has 0 saturated heterocycles. The van der Waals surface area contributed by atoms with Crippen LogP contribution in [-0.4, -0.2) is 15.0 Å². The fraction of sp³-hybridized carbons (Fsp3) is 0.174. The van der Waals surface area contributed by atoms with Crippen molar-refractivity contribution >= 4 is 33.1 Å². The van der Waals surface area contributed by atoms with Crippen molar-refractivity contribution in [1.82, 2.24) is 9.13 Å². The van der Waals surface area contributed by atoms with Crippen LogP contribution >= 0.6 is 11.3 Å². The van der Waals surface area contributed by atoms with Gasteiger partial charge in [-0.2, -0.15) is 0 Å². The molecule has 0 bridgehead atoms. The number of hydrogen-bond acceptors (Lipinski definition) is 4. The predicted octanol–water partition coefficient (Wildman–Crippen LogP) is 3.67. The van der Waals surface area contributed by atoms with Crippen LogP contribution in [0.4, 0.5) is 10.1 Å². The average molecular weight is 437 g/mol. The van der Waals surface area contributed by atoms with Crippen LogP contribution in [0.15, 0.2) is 63.5 Å². The number of thiophene rings is 1. The van der Waals surface area contributed by atoms with Crippen molar-refractivity contribution in [3.05, 3.63) is 97.3 Å². The smallest absolute Gasteiger partial charge is 0.324 e. The molecule has 1 amide bonds.